The number of rotatable bonds is 10. The van der Waals surface area contributed by atoms with Crippen molar-refractivity contribution >= 4 is 0 Å². The third-order valence-corrected chi connectivity index (χ3v) is 7.69. The van der Waals surface area contributed by atoms with Crippen LogP contribution in [0, 0.1) is 6.92 Å². The van der Waals surface area contributed by atoms with Gasteiger partial charge in [0.15, 0.2) is 0 Å². The lowest BCUT2D eigenvalue weighted by Gasteiger charge is -2.34. The number of benzene rings is 2. The highest BCUT2D eigenvalue weighted by Gasteiger charge is 2.28. The van der Waals surface area contributed by atoms with E-state index in [-0.39, 0.29) is 6.04 Å². The quantitative estimate of drug-likeness (QED) is 0.215. The van der Waals surface area contributed by atoms with Gasteiger partial charge >= 0.3 is 0 Å². The summed E-state index contributed by atoms with van der Waals surface area (Å²) in [5.74, 6) is 0.981. The van der Waals surface area contributed by atoms with Gasteiger partial charge in [-0.3, -0.25) is 14.9 Å². The van der Waals surface area contributed by atoms with Crippen LogP contribution in [0.4, 0.5) is 0 Å². The molecule has 0 amide bonds. The molecule has 1 atom stereocenters. The number of nitrogens with one attached hydrogen (secondary N) is 2. The van der Waals surface area contributed by atoms with E-state index in [1.165, 1.54) is 39.9 Å². The van der Waals surface area contributed by atoms with Crippen LogP contribution in [0.2, 0.25) is 0 Å². The van der Waals surface area contributed by atoms with Gasteiger partial charge in [0.25, 0.3) is 0 Å². The first-order valence-electron chi connectivity index (χ1n) is 14.2. The highest BCUT2D eigenvalue weighted by atomic mass is 15.2. The fraction of sp³-hybridized carbons (Fsp3) is 0.265. The molecule has 2 aromatic carbocycles. The van der Waals surface area contributed by atoms with Crippen molar-refractivity contribution < 1.29 is 0 Å². The molecule has 6 nitrogen and oxygen atoms in total. The summed E-state index contributed by atoms with van der Waals surface area (Å²) in [5, 5.41) is 3.50. The van der Waals surface area contributed by atoms with E-state index in [2.05, 4.69) is 87.8 Å². The predicted molar refractivity (Wildman–Crippen MR) is 159 cm³/mol. The van der Waals surface area contributed by atoms with Crippen molar-refractivity contribution in [1.29, 1.82) is 0 Å². The molecule has 1 aliphatic rings. The highest BCUT2D eigenvalue weighted by molar-refractivity contribution is 5.59. The first-order valence-corrected chi connectivity index (χ1v) is 14.2. The van der Waals surface area contributed by atoms with Gasteiger partial charge in [0.1, 0.15) is 5.82 Å². The van der Waals surface area contributed by atoms with Gasteiger partial charge in [-0.25, -0.2) is 4.98 Å². The number of H-pyrrole nitrogens is 1. The average Bonchev–Trinajstić information content (AvgIpc) is 3.47. The van der Waals surface area contributed by atoms with Crippen molar-refractivity contribution in [2.24, 2.45) is 0 Å². The standard InChI is InChI=1S/C34H36N6/c1-25-7-4-9-29(19-25)31-22-38-33(39-31)24-40(32-12-5-8-28-10-6-18-37-34(28)32)23-27-15-13-26(14-16-27)20-35-21-30-11-2-3-17-36-30/h2-4,6-7,9-11,13-19,22,32,35H,5,8,12,20-21,23-24H2,1H3,(H,38,39). The summed E-state index contributed by atoms with van der Waals surface area (Å²) < 4.78 is 0. The highest BCUT2D eigenvalue weighted by Crippen LogP contribution is 2.34. The number of fused-ring (bicyclic) bond motifs is 1. The number of pyridine rings is 2. The van der Waals surface area contributed by atoms with E-state index in [4.69, 9.17) is 9.97 Å². The Morgan fingerprint density at radius 1 is 0.850 bits per heavy atom. The second-order valence-electron chi connectivity index (χ2n) is 10.7. The Morgan fingerprint density at radius 2 is 1.73 bits per heavy atom. The first-order chi connectivity index (χ1) is 19.7. The van der Waals surface area contributed by atoms with Crippen molar-refractivity contribution in [2.75, 3.05) is 0 Å². The SMILES string of the molecule is Cc1cccc(-c2cnc(CN(Cc3ccc(CNCc4ccccn4)cc3)C3CCCc4cccnc43)[nH]2)c1. The van der Waals surface area contributed by atoms with E-state index in [0.29, 0.717) is 0 Å². The molecule has 0 spiro atoms. The predicted octanol–water partition coefficient (Wildman–Crippen LogP) is 6.54. The summed E-state index contributed by atoms with van der Waals surface area (Å²) in [7, 11) is 0. The Kier molecular flexibility index (Phi) is 8.07. The van der Waals surface area contributed by atoms with Crippen LogP contribution in [0.1, 0.15) is 58.3 Å². The van der Waals surface area contributed by atoms with Gasteiger partial charge < -0.3 is 10.3 Å². The molecule has 5 aromatic rings. The van der Waals surface area contributed by atoms with Crippen LogP contribution in [0.15, 0.2) is 97.5 Å². The maximum absolute atomic E-state index is 4.85. The summed E-state index contributed by atoms with van der Waals surface area (Å²) in [6.45, 7) is 5.27. The van der Waals surface area contributed by atoms with Crippen LogP contribution in [0.25, 0.3) is 11.3 Å². The lowest BCUT2D eigenvalue weighted by atomic mass is 9.90. The molecular weight excluding hydrogens is 492 g/mol. The number of hydrogen-bond donors (Lipinski definition) is 2. The van der Waals surface area contributed by atoms with Gasteiger partial charge in [-0.2, -0.15) is 0 Å². The van der Waals surface area contributed by atoms with Crippen LogP contribution < -0.4 is 5.32 Å². The Labute approximate surface area is 236 Å². The molecule has 0 fully saturated rings. The van der Waals surface area contributed by atoms with E-state index in [0.717, 1.165) is 56.2 Å². The summed E-state index contributed by atoms with van der Waals surface area (Å²) in [4.78, 5) is 20.2. The minimum absolute atomic E-state index is 0.261. The van der Waals surface area contributed by atoms with Crippen LogP contribution in [-0.2, 0) is 32.6 Å². The molecule has 0 aliphatic heterocycles. The number of nitrogens with zero attached hydrogens (tertiary/aromatic N) is 4. The van der Waals surface area contributed by atoms with Gasteiger partial charge in [-0.15, -0.1) is 0 Å². The molecule has 1 aliphatic carbocycles. The average molecular weight is 529 g/mol. The largest absolute Gasteiger partial charge is 0.341 e. The molecule has 0 radical (unpaired) electrons. The van der Waals surface area contributed by atoms with Crippen LogP contribution in [-0.4, -0.2) is 24.8 Å². The van der Waals surface area contributed by atoms with E-state index >= 15 is 0 Å². The lowest BCUT2D eigenvalue weighted by molar-refractivity contribution is 0.153. The molecule has 6 rings (SSSR count). The molecule has 202 valence electrons. The number of hydrogen-bond acceptors (Lipinski definition) is 5. The van der Waals surface area contributed by atoms with Crippen LogP contribution in [0.5, 0.6) is 0 Å². The molecular formula is C34H36N6. The van der Waals surface area contributed by atoms with Crippen molar-refractivity contribution in [3.8, 4) is 11.3 Å². The van der Waals surface area contributed by atoms with Crippen molar-refractivity contribution in [2.45, 2.75) is 58.4 Å². The maximum Gasteiger partial charge on any atom is 0.120 e. The van der Waals surface area contributed by atoms with Crippen molar-refractivity contribution in [3.05, 3.63) is 137 Å². The molecule has 1 unspecified atom stereocenters. The lowest BCUT2D eigenvalue weighted by Crippen LogP contribution is -2.31. The Bertz CT molecular complexity index is 1530. The number of aryl methyl sites for hydroxylation is 2. The smallest absolute Gasteiger partial charge is 0.120 e. The molecule has 0 saturated heterocycles. The van der Waals surface area contributed by atoms with Crippen LogP contribution >= 0.6 is 0 Å². The van der Waals surface area contributed by atoms with E-state index in [1.54, 1.807) is 0 Å². The zero-order valence-corrected chi connectivity index (χ0v) is 23.1. The molecule has 40 heavy (non-hydrogen) atoms. The van der Waals surface area contributed by atoms with E-state index < -0.39 is 0 Å². The monoisotopic (exact) mass is 528 g/mol. The Balaban J connectivity index is 1.19. The van der Waals surface area contributed by atoms with Gasteiger partial charge in [0.2, 0.25) is 0 Å². The van der Waals surface area contributed by atoms with Gasteiger partial charge in [0, 0.05) is 32.0 Å². The van der Waals surface area contributed by atoms with E-state index in [9.17, 15) is 0 Å². The van der Waals surface area contributed by atoms with Gasteiger partial charge in [0.05, 0.1) is 35.9 Å². The number of aromatic amines is 1. The second-order valence-corrected chi connectivity index (χ2v) is 10.7. The van der Waals surface area contributed by atoms with Gasteiger partial charge in [-0.05, 0) is 72.7 Å². The molecule has 0 saturated carbocycles. The third-order valence-electron chi connectivity index (χ3n) is 7.69. The zero-order valence-electron chi connectivity index (χ0n) is 23.1. The maximum atomic E-state index is 4.85. The van der Waals surface area contributed by atoms with Gasteiger partial charge in [-0.1, -0.05) is 60.2 Å². The molecule has 2 N–H and O–H groups in total. The fourth-order valence-corrected chi connectivity index (χ4v) is 5.65. The number of imidazole rings is 1. The fourth-order valence-electron chi connectivity index (χ4n) is 5.65. The molecule has 3 aromatic heterocycles. The minimum Gasteiger partial charge on any atom is -0.341 e. The van der Waals surface area contributed by atoms with Crippen molar-refractivity contribution in [1.82, 2.24) is 30.2 Å². The Hall–Kier alpha value is -4.13. The van der Waals surface area contributed by atoms with E-state index in [1.807, 2.05) is 36.8 Å². The second kappa shape index (κ2) is 12.4. The third kappa shape index (κ3) is 6.36. The molecule has 3 heterocycles. The molecule has 0 bridgehead atoms. The van der Waals surface area contributed by atoms with Crippen molar-refractivity contribution in [3.63, 3.8) is 0 Å². The van der Waals surface area contributed by atoms with Crippen LogP contribution in [0.3, 0.4) is 0 Å². The molecule has 6 heteroatoms. The zero-order chi connectivity index (χ0) is 27.1. The normalized spacial score (nSPS) is 14.8. The Morgan fingerprint density at radius 3 is 2.58 bits per heavy atom. The minimum atomic E-state index is 0.261. The summed E-state index contributed by atoms with van der Waals surface area (Å²) in [6, 6.07) is 28.1. The first kappa shape index (κ1) is 26.1. The summed E-state index contributed by atoms with van der Waals surface area (Å²) >= 11 is 0. The topological polar surface area (TPSA) is 69.7 Å². The summed E-state index contributed by atoms with van der Waals surface area (Å²) in [6.07, 6.45) is 9.11. The number of aromatic nitrogens is 4. The summed E-state index contributed by atoms with van der Waals surface area (Å²) in [5.41, 5.74) is 9.68.